The largest absolute Gasteiger partial charge is 0.439 e. The molecule has 0 unspecified atom stereocenters. The van der Waals surface area contributed by atoms with Crippen LogP contribution in [0.1, 0.15) is 17.0 Å². The molecule has 0 spiro atoms. The summed E-state index contributed by atoms with van der Waals surface area (Å²) in [6.45, 7) is 1.56. The average Bonchev–Trinajstić information content (AvgIpc) is 2.67. The molecule has 3 rings (SSSR count). The van der Waals surface area contributed by atoms with Gasteiger partial charge in [-0.05, 0) is 25.1 Å². The molecule has 0 aliphatic heterocycles. The molecule has 2 aromatic heterocycles. The Morgan fingerprint density at radius 3 is 2.17 bits per heavy atom. The van der Waals surface area contributed by atoms with Crippen molar-refractivity contribution in [1.29, 1.82) is 0 Å². The van der Waals surface area contributed by atoms with Crippen LogP contribution in [0.3, 0.4) is 0 Å². The first-order valence-electron chi connectivity index (χ1n) is 8.30. The maximum absolute atomic E-state index is 13.5. The molecule has 11 heteroatoms. The minimum atomic E-state index is -4.50. The summed E-state index contributed by atoms with van der Waals surface area (Å²) in [4.78, 5) is 11.4. The summed E-state index contributed by atoms with van der Waals surface area (Å²) < 4.78 is 95.5. The number of ether oxygens (including phenoxy) is 1. The quantitative estimate of drug-likeness (QED) is 0.464. The summed E-state index contributed by atoms with van der Waals surface area (Å²) in [6.07, 6.45) is -7.57. The lowest BCUT2D eigenvalue weighted by atomic mass is 10.1. The molecule has 3 aromatic rings. The van der Waals surface area contributed by atoms with E-state index in [1.165, 1.54) is 24.3 Å². The van der Waals surface area contributed by atoms with Crippen molar-refractivity contribution in [2.45, 2.75) is 25.4 Å². The summed E-state index contributed by atoms with van der Waals surface area (Å²) in [5, 5.41) is 0. The zero-order chi connectivity index (χ0) is 22.1. The third kappa shape index (κ3) is 4.66. The van der Waals surface area contributed by atoms with Crippen LogP contribution in [-0.2, 0) is 12.1 Å². The first-order valence-corrected chi connectivity index (χ1v) is 8.30. The molecule has 0 N–H and O–H groups in total. The van der Waals surface area contributed by atoms with E-state index in [-0.39, 0.29) is 23.0 Å². The number of aryl methyl sites for hydroxylation is 1. The van der Waals surface area contributed by atoms with E-state index in [0.29, 0.717) is 11.8 Å². The van der Waals surface area contributed by atoms with Crippen LogP contribution in [0.15, 0.2) is 48.7 Å². The Morgan fingerprint density at radius 2 is 1.57 bits per heavy atom. The molecular weight excluding hydrogens is 419 g/mol. The summed E-state index contributed by atoms with van der Waals surface area (Å²) in [6, 6.07) is 7.25. The van der Waals surface area contributed by atoms with E-state index >= 15 is 0 Å². The van der Waals surface area contributed by atoms with E-state index in [9.17, 15) is 30.7 Å². The molecule has 0 aliphatic carbocycles. The van der Waals surface area contributed by atoms with Crippen molar-refractivity contribution >= 4 is 0 Å². The van der Waals surface area contributed by atoms with Gasteiger partial charge in [0.25, 0.3) is 0 Å². The van der Waals surface area contributed by atoms with Gasteiger partial charge in [-0.25, -0.2) is 13.8 Å². The van der Waals surface area contributed by atoms with Gasteiger partial charge in [-0.15, -0.1) is 0 Å². The van der Waals surface area contributed by atoms with E-state index in [1.54, 1.807) is 6.92 Å². The zero-order valence-electron chi connectivity index (χ0n) is 15.1. The Kier molecular flexibility index (Phi) is 5.64. The number of benzene rings is 1. The highest BCUT2D eigenvalue weighted by Crippen LogP contribution is 2.35. The number of pyridine rings is 1. The third-order valence-corrected chi connectivity index (χ3v) is 3.87. The van der Waals surface area contributed by atoms with Crippen molar-refractivity contribution in [2.75, 3.05) is 0 Å². The fourth-order valence-corrected chi connectivity index (χ4v) is 2.42. The van der Waals surface area contributed by atoms with Crippen LogP contribution in [-0.4, -0.2) is 21.4 Å². The van der Waals surface area contributed by atoms with E-state index in [2.05, 4.69) is 15.0 Å². The van der Waals surface area contributed by atoms with E-state index in [0.717, 1.165) is 18.3 Å². The minimum Gasteiger partial charge on any atom is -0.439 e. The predicted molar refractivity (Wildman–Crippen MR) is 91.4 cm³/mol. The number of alkyl halides is 7. The number of halogens is 7. The van der Waals surface area contributed by atoms with Crippen LogP contribution >= 0.6 is 0 Å². The summed E-state index contributed by atoms with van der Waals surface area (Å²) in [7, 11) is 0. The van der Waals surface area contributed by atoms with Gasteiger partial charge in [-0.1, -0.05) is 12.1 Å². The number of hydrogen-bond donors (Lipinski definition) is 0. The van der Waals surface area contributed by atoms with Gasteiger partial charge in [0.2, 0.25) is 5.88 Å². The second kappa shape index (κ2) is 7.88. The fraction of sp³-hybridized carbons (Fsp3) is 0.211. The van der Waals surface area contributed by atoms with Crippen molar-refractivity contribution in [3.8, 4) is 23.0 Å². The maximum atomic E-state index is 13.5. The molecule has 0 aliphatic rings. The first kappa shape index (κ1) is 21.5. The van der Waals surface area contributed by atoms with Crippen LogP contribution in [0.5, 0.6) is 11.6 Å². The van der Waals surface area contributed by atoms with E-state index < -0.39 is 29.8 Å². The molecule has 158 valence electrons. The minimum absolute atomic E-state index is 0.0333. The molecule has 0 saturated carbocycles. The molecule has 0 atom stereocenters. The van der Waals surface area contributed by atoms with Crippen LogP contribution in [0.2, 0.25) is 0 Å². The molecular formula is C19H12F7N3O. The van der Waals surface area contributed by atoms with Crippen molar-refractivity contribution in [2.24, 2.45) is 0 Å². The molecule has 4 nitrogen and oxygen atoms in total. The van der Waals surface area contributed by atoms with Gasteiger partial charge in [0, 0.05) is 29.6 Å². The van der Waals surface area contributed by atoms with Gasteiger partial charge >= 0.3 is 18.5 Å². The normalized spacial score (nSPS) is 12.3. The SMILES string of the molecule is Cc1cc(Oc2ccnc(C(F)(F)C(F)F)c2)nc(-c2ccc(C(F)(F)F)cc2)n1. The molecule has 30 heavy (non-hydrogen) atoms. The van der Waals surface area contributed by atoms with Crippen molar-refractivity contribution in [1.82, 2.24) is 15.0 Å². The predicted octanol–water partition coefficient (Wildman–Crippen LogP) is 6.02. The summed E-state index contributed by atoms with van der Waals surface area (Å²) >= 11 is 0. The molecule has 0 radical (unpaired) electrons. The Morgan fingerprint density at radius 1 is 0.900 bits per heavy atom. The summed E-state index contributed by atoms with van der Waals surface area (Å²) in [5.41, 5.74) is -1.39. The van der Waals surface area contributed by atoms with Gasteiger partial charge < -0.3 is 4.74 Å². The molecule has 2 heterocycles. The average molecular weight is 431 g/mol. The standard InChI is InChI=1S/C19H12F7N3O/c1-10-8-15(30-13-6-7-27-14(9-13)18(22,23)17(20)21)29-16(28-10)11-2-4-12(5-3-11)19(24,25)26/h2-9,17H,1H3. The fourth-order valence-electron chi connectivity index (χ4n) is 2.42. The van der Waals surface area contributed by atoms with Crippen LogP contribution in [0, 0.1) is 6.92 Å². The van der Waals surface area contributed by atoms with Crippen molar-refractivity contribution < 1.29 is 35.5 Å². The molecule has 1 aromatic carbocycles. The number of rotatable bonds is 5. The number of nitrogens with zero attached hydrogens (tertiary/aromatic N) is 3. The lowest BCUT2D eigenvalue weighted by Gasteiger charge is -2.15. The molecule has 0 saturated heterocycles. The lowest BCUT2D eigenvalue weighted by molar-refractivity contribution is -0.138. The van der Waals surface area contributed by atoms with Crippen LogP contribution in [0.4, 0.5) is 30.7 Å². The van der Waals surface area contributed by atoms with Gasteiger partial charge in [-0.3, -0.25) is 4.98 Å². The summed E-state index contributed by atoms with van der Waals surface area (Å²) in [5.74, 6) is -4.77. The number of aromatic nitrogens is 3. The maximum Gasteiger partial charge on any atom is 0.416 e. The van der Waals surface area contributed by atoms with Crippen molar-refractivity contribution in [3.63, 3.8) is 0 Å². The van der Waals surface area contributed by atoms with Crippen molar-refractivity contribution in [3.05, 3.63) is 65.6 Å². The van der Waals surface area contributed by atoms with E-state index in [1.807, 2.05) is 0 Å². The first-order chi connectivity index (χ1) is 14.0. The van der Waals surface area contributed by atoms with Gasteiger partial charge in [0.1, 0.15) is 11.4 Å². The second-order valence-electron chi connectivity index (χ2n) is 6.15. The molecule has 0 fully saturated rings. The van der Waals surface area contributed by atoms with Gasteiger partial charge in [-0.2, -0.15) is 26.9 Å². The Labute approximate surface area is 165 Å². The lowest BCUT2D eigenvalue weighted by Crippen LogP contribution is -2.24. The number of hydrogen-bond acceptors (Lipinski definition) is 4. The van der Waals surface area contributed by atoms with Crippen LogP contribution < -0.4 is 4.74 Å². The third-order valence-electron chi connectivity index (χ3n) is 3.87. The van der Waals surface area contributed by atoms with Gasteiger partial charge in [0.15, 0.2) is 5.82 Å². The smallest absolute Gasteiger partial charge is 0.416 e. The Bertz CT molecular complexity index is 1040. The highest BCUT2D eigenvalue weighted by molar-refractivity contribution is 5.56. The Balaban J connectivity index is 1.90. The monoisotopic (exact) mass is 431 g/mol. The second-order valence-corrected chi connectivity index (χ2v) is 6.15. The molecule has 0 bridgehead atoms. The van der Waals surface area contributed by atoms with Gasteiger partial charge in [0.05, 0.1) is 5.56 Å². The Hall–Kier alpha value is -3.24. The highest BCUT2D eigenvalue weighted by Gasteiger charge is 2.44. The highest BCUT2D eigenvalue weighted by atomic mass is 19.4. The van der Waals surface area contributed by atoms with Crippen LogP contribution in [0.25, 0.3) is 11.4 Å². The zero-order valence-corrected chi connectivity index (χ0v) is 15.1. The molecule has 0 amide bonds. The topological polar surface area (TPSA) is 47.9 Å². The van der Waals surface area contributed by atoms with E-state index in [4.69, 9.17) is 4.74 Å².